The zero-order chi connectivity index (χ0) is 18.9. The number of thiophene rings is 1. The molecule has 0 unspecified atom stereocenters. The summed E-state index contributed by atoms with van der Waals surface area (Å²) in [6.07, 6.45) is 1.64. The second-order valence-corrected chi connectivity index (χ2v) is 8.97. The summed E-state index contributed by atoms with van der Waals surface area (Å²) in [4.78, 5) is 24.0. The number of hydrogen-bond donors (Lipinski definition) is 2. The van der Waals surface area contributed by atoms with Gasteiger partial charge in [0.1, 0.15) is 15.5 Å². The molecule has 1 fully saturated rings. The van der Waals surface area contributed by atoms with Crippen LogP contribution in [0, 0.1) is 6.92 Å². The fourth-order valence-corrected chi connectivity index (χ4v) is 5.21. The van der Waals surface area contributed by atoms with Gasteiger partial charge in [0, 0.05) is 24.0 Å². The largest absolute Gasteiger partial charge is 0.477 e. The first-order valence-corrected chi connectivity index (χ1v) is 10.3. The molecule has 8 nitrogen and oxygen atoms in total. The Balaban J connectivity index is 1.71. The Morgan fingerprint density at radius 2 is 2.00 bits per heavy atom. The molecule has 0 saturated carbocycles. The van der Waals surface area contributed by atoms with E-state index < -0.39 is 21.9 Å². The highest BCUT2D eigenvalue weighted by Crippen LogP contribution is 2.26. The minimum absolute atomic E-state index is 0.00818. The topological polar surface area (TPSA) is 117 Å². The lowest BCUT2D eigenvalue weighted by Gasteiger charge is -2.14. The Labute approximate surface area is 154 Å². The van der Waals surface area contributed by atoms with Gasteiger partial charge in [-0.3, -0.25) is 4.79 Å². The lowest BCUT2D eigenvalue weighted by molar-refractivity contribution is 0.0702. The van der Waals surface area contributed by atoms with Gasteiger partial charge in [-0.1, -0.05) is 0 Å². The first-order valence-electron chi connectivity index (χ1n) is 8.00. The number of nitrogens with zero attached hydrogens (tertiary/aromatic N) is 1. The molecule has 1 aliphatic heterocycles. The van der Waals surface area contributed by atoms with Gasteiger partial charge in [-0.2, -0.15) is 4.31 Å². The van der Waals surface area contributed by atoms with Gasteiger partial charge in [0.05, 0.1) is 6.54 Å². The van der Waals surface area contributed by atoms with Gasteiger partial charge >= 0.3 is 5.97 Å². The van der Waals surface area contributed by atoms with Crippen molar-refractivity contribution in [3.05, 3.63) is 39.5 Å². The third-order valence-corrected chi connectivity index (χ3v) is 7.15. The summed E-state index contributed by atoms with van der Waals surface area (Å²) in [5.41, 5.74) is 0. The van der Waals surface area contributed by atoms with E-state index in [4.69, 9.17) is 9.52 Å². The summed E-state index contributed by atoms with van der Waals surface area (Å²) in [6.45, 7) is 2.58. The molecule has 0 radical (unpaired) electrons. The molecule has 1 aliphatic rings. The number of sulfonamides is 1. The van der Waals surface area contributed by atoms with Crippen LogP contribution in [-0.4, -0.2) is 42.8 Å². The smallest absolute Gasteiger partial charge is 0.345 e. The Kier molecular flexibility index (Phi) is 5.17. The first-order chi connectivity index (χ1) is 12.3. The van der Waals surface area contributed by atoms with Crippen LogP contribution in [-0.2, 0) is 16.6 Å². The molecule has 2 N–H and O–H groups in total. The van der Waals surface area contributed by atoms with E-state index in [1.165, 1.54) is 23.4 Å². The summed E-state index contributed by atoms with van der Waals surface area (Å²) < 4.78 is 32.0. The average Bonchev–Trinajstić information content (AvgIpc) is 3.32. The minimum Gasteiger partial charge on any atom is -0.477 e. The lowest BCUT2D eigenvalue weighted by atomic mass is 10.4. The molecule has 2 aromatic rings. The maximum Gasteiger partial charge on any atom is 0.345 e. The van der Waals surface area contributed by atoms with E-state index in [2.05, 4.69) is 5.32 Å². The van der Waals surface area contributed by atoms with Gasteiger partial charge in [-0.15, -0.1) is 11.3 Å². The molecule has 1 amide bonds. The van der Waals surface area contributed by atoms with E-state index in [0.717, 1.165) is 24.2 Å². The third-order valence-electron chi connectivity index (χ3n) is 4.07. The Morgan fingerprint density at radius 1 is 1.31 bits per heavy atom. The van der Waals surface area contributed by atoms with Crippen molar-refractivity contribution >= 4 is 33.2 Å². The van der Waals surface area contributed by atoms with Gasteiger partial charge < -0.3 is 14.8 Å². The SMILES string of the molecule is Cc1oc(C(=O)NCc2ccc(C(=O)O)s2)cc1S(=O)(=O)N1CCCC1. The third kappa shape index (κ3) is 3.67. The Hall–Kier alpha value is -2.17. The highest BCUT2D eigenvalue weighted by molar-refractivity contribution is 7.89. The summed E-state index contributed by atoms with van der Waals surface area (Å²) in [7, 11) is -3.66. The quantitative estimate of drug-likeness (QED) is 0.769. The summed E-state index contributed by atoms with van der Waals surface area (Å²) in [5, 5.41) is 11.5. The van der Waals surface area contributed by atoms with Crippen LogP contribution in [0.25, 0.3) is 0 Å². The maximum absolute atomic E-state index is 12.6. The second-order valence-electron chi connectivity index (χ2n) is 5.90. The lowest BCUT2D eigenvalue weighted by Crippen LogP contribution is -2.28. The summed E-state index contributed by atoms with van der Waals surface area (Å²) in [6, 6.07) is 4.33. The van der Waals surface area contributed by atoms with Gasteiger partial charge in [0.15, 0.2) is 5.76 Å². The minimum atomic E-state index is -3.66. The van der Waals surface area contributed by atoms with Crippen molar-refractivity contribution in [1.29, 1.82) is 0 Å². The molecule has 0 atom stereocenters. The molecule has 0 aliphatic carbocycles. The molecule has 2 aromatic heterocycles. The van der Waals surface area contributed by atoms with Gasteiger partial charge in [-0.05, 0) is 31.9 Å². The monoisotopic (exact) mass is 398 g/mol. The Morgan fingerprint density at radius 3 is 2.62 bits per heavy atom. The van der Waals surface area contributed by atoms with Gasteiger partial charge in [0.25, 0.3) is 5.91 Å². The van der Waals surface area contributed by atoms with E-state index >= 15 is 0 Å². The number of carboxylic acid groups (broad SMARTS) is 1. The molecule has 1 saturated heterocycles. The Bertz CT molecular complexity index is 938. The van der Waals surface area contributed by atoms with Crippen molar-refractivity contribution in [2.24, 2.45) is 0 Å². The number of rotatable bonds is 6. The molecule has 3 rings (SSSR count). The van der Waals surface area contributed by atoms with Crippen molar-refractivity contribution in [1.82, 2.24) is 9.62 Å². The van der Waals surface area contributed by atoms with Crippen LogP contribution >= 0.6 is 11.3 Å². The van der Waals surface area contributed by atoms with Crippen LogP contribution in [0.2, 0.25) is 0 Å². The molecule has 0 bridgehead atoms. The molecule has 140 valence electrons. The number of carbonyl (C=O) groups is 2. The molecular weight excluding hydrogens is 380 g/mol. The van der Waals surface area contributed by atoms with Crippen molar-refractivity contribution in [2.45, 2.75) is 31.2 Å². The number of carbonyl (C=O) groups excluding carboxylic acids is 1. The highest BCUT2D eigenvalue weighted by atomic mass is 32.2. The number of furan rings is 1. The molecule has 26 heavy (non-hydrogen) atoms. The number of hydrogen-bond acceptors (Lipinski definition) is 6. The fourth-order valence-electron chi connectivity index (χ4n) is 2.74. The van der Waals surface area contributed by atoms with E-state index in [-0.39, 0.29) is 27.8 Å². The summed E-state index contributed by atoms with van der Waals surface area (Å²) in [5.74, 6) is -1.49. The van der Waals surface area contributed by atoms with Crippen LogP contribution in [0.15, 0.2) is 27.5 Å². The summed E-state index contributed by atoms with van der Waals surface area (Å²) >= 11 is 1.06. The first kappa shape index (κ1) is 18.6. The predicted octanol–water partition coefficient (Wildman–Crippen LogP) is 2.06. The number of aromatic carboxylic acids is 1. The van der Waals surface area contributed by atoms with E-state index in [1.54, 1.807) is 6.07 Å². The molecular formula is C16H18N2O6S2. The van der Waals surface area contributed by atoms with Crippen molar-refractivity contribution in [2.75, 3.05) is 13.1 Å². The van der Waals surface area contributed by atoms with Crippen LogP contribution < -0.4 is 5.32 Å². The number of aryl methyl sites for hydroxylation is 1. The zero-order valence-corrected chi connectivity index (χ0v) is 15.7. The number of amides is 1. The van der Waals surface area contributed by atoms with Crippen LogP contribution in [0.5, 0.6) is 0 Å². The van der Waals surface area contributed by atoms with E-state index in [1.807, 2.05) is 0 Å². The van der Waals surface area contributed by atoms with Crippen molar-refractivity contribution in [3.8, 4) is 0 Å². The van der Waals surface area contributed by atoms with Crippen molar-refractivity contribution in [3.63, 3.8) is 0 Å². The normalized spacial score (nSPS) is 15.3. The fraction of sp³-hybridized carbons (Fsp3) is 0.375. The van der Waals surface area contributed by atoms with Gasteiger partial charge in [-0.25, -0.2) is 13.2 Å². The van der Waals surface area contributed by atoms with Crippen LogP contribution in [0.3, 0.4) is 0 Å². The molecule has 3 heterocycles. The predicted molar refractivity (Wildman–Crippen MR) is 93.9 cm³/mol. The molecule has 10 heteroatoms. The van der Waals surface area contributed by atoms with Gasteiger partial charge in [0.2, 0.25) is 10.0 Å². The molecule has 0 spiro atoms. The van der Waals surface area contributed by atoms with Crippen molar-refractivity contribution < 1.29 is 27.5 Å². The number of carboxylic acids is 1. The standard InChI is InChI=1S/C16H18N2O6S2/c1-10-14(26(22,23)18-6-2-3-7-18)8-12(24-10)15(19)17-9-11-4-5-13(25-11)16(20)21/h4-5,8H,2-3,6-7,9H2,1H3,(H,17,19)(H,20,21). The van der Waals surface area contributed by atoms with Crippen LogP contribution in [0.1, 0.15) is 43.7 Å². The zero-order valence-electron chi connectivity index (χ0n) is 14.0. The second kappa shape index (κ2) is 7.22. The van der Waals surface area contributed by atoms with Crippen LogP contribution in [0.4, 0.5) is 0 Å². The highest BCUT2D eigenvalue weighted by Gasteiger charge is 2.31. The molecule has 0 aromatic carbocycles. The maximum atomic E-state index is 12.6. The average molecular weight is 398 g/mol. The number of nitrogens with one attached hydrogen (secondary N) is 1. The van der Waals surface area contributed by atoms with E-state index in [9.17, 15) is 18.0 Å². The van der Waals surface area contributed by atoms with E-state index in [0.29, 0.717) is 18.0 Å².